The number of fused-ring (bicyclic) bond motifs is 1. The Balaban J connectivity index is 1.40. The van der Waals surface area contributed by atoms with Crippen molar-refractivity contribution in [3.05, 3.63) is 53.1 Å². The maximum atomic E-state index is 12.1. The molecule has 0 spiro atoms. The van der Waals surface area contributed by atoms with Gasteiger partial charge in [0.25, 0.3) is 0 Å². The zero-order valence-corrected chi connectivity index (χ0v) is 15.2. The Kier molecular flexibility index (Phi) is 4.73. The number of hydrogen-bond acceptors (Lipinski definition) is 4. The highest BCUT2D eigenvalue weighted by molar-refractivity contribution is 6.32. The van der Waals surface area contributed by atoms with Crippen LogP contribution < -0.4 is 19.7 Å². The largest absolute Gasteiger partial charge is 0.454 e. The third-order valence-corrected chi connectivity index (χ3v) is 4.68. The van der Waals surface area contributed by atoms with Gasteiger partial charge in [-0.15, -0.1) is 0 Å². The van der Waals surface area contributed by atoms with Gasteiger partial charge in [-0.05, 0) is 54.5 Å². The van der Waals surface area contributed by atoms with Crippen molar-refractivity contribution in [1.29, 1.82) is 0 Å². The molecule has 0 radical (unpaired) electrons. The van der Waals surface area contributed by atoms with Crippen molar-refractivity contribution in [1.82, 2.24) is 0 Å². The molecule has 1 N–H and O–H groups in total. The molecule has 0 aromatic heterocycles. The Morgan fingerprint density at radius 2 is 2.00 bits per heavy atom. The van der Waals surface area contributed by atoms with Crippen LogP contribution in [0.4, 0.5) is 11.4 Å². The van der Waals surface area contributed by atoms with Gasteiger partial charge < -0.3 is 19.7 Å². The summed E-state index contributed by atoms with van der Waals surface area (Å²) in [5.74, 6) is 0.954. The smallest absolute Gasteiger partial charge is 0.248 e. The summed E-state index contributed by atoms with van der Waals surface area (Å²) in [6, 6.07) is 10.7. The summed E-state index contributed by atoms with van der Waals surface area (Å²) in [5.41, 5.74) is 2.24. The van der Waals surface area contributed by atoms with Crippen LogP contribution in [0.5, 0.6) is 11.5 Å². The van der Waals surface area contributed by atoms with Gasteiger partial charge in [-0.1, -0.05) is 11.6 Å². The molecule has 2 amide bonds. The zero-order valence-electron chi connectivity index (χ0n) is 14.4. The van der Waals surface area contributed by atoms with Gasteiger partial charge in [0.2, 0.25) is 18.6 Å². The second kappa shape index (κ2) is 7.32. The highest BCUT2D eigenvalue weighted by Gasteiger charge is 2.21. The van der Waals surface area contributed by atoms with E-state index in [4.69, 9.17) is 21.1 Å². The third kappa shape index (κ3) is 3.75. The molecule has 0 aliphatic carbocycles. The monoisotopic (exact) mass is 384 g/mol. The van der Waals surface area contributed by atoms with Gasteiger partial charge in [0.1, 0.15) is 0 Å². The van der Waals surface area contributed by atoms with Crippen LogP contribution in [0.1, 0.15) is 18.4 Å². The number of benzene rings is 2. The van der Waals surface area contributed by atoms with Crippen LogP contribution in [-0.2, 0) is 9.59 Å². The number of rotatable bonds is 4. The lowest BCUT2D eigenvalue weighted by Gasteiger charge is -2.15. The second-order valence-electron chi connectivity index (χ2n) is 6.25. The van der Waals surface area contributed by atoms with Crippen molar-refractivity contribution in [2.24, 2.45) is 0 Å². The van der Waals surface area contributed by atoms with Gasteiger partial charge >= 0.3 is 0 Å². The van der Waals surface area contributed by atoms with E-state index in [1.807, 2.05) is 12.1 Å². The molecule has 2 aromatic carbocycles. The molecule has 4 rings (SSSR count). The summed E-state index contributed by atoms with van der Waals surface area (Å²) in [6.45, 7) is 0.882. The zero-order chi connectivity index (χ0) is 18.8. The van der Waals surface area contributed by atoms with Crippen LogP contribution in [0, 0.1) is 0 Å². The summed E-state index contributed by atoms with van der Waals surface area (Å²) in [5, 5.41) is 3.23. The van der Waals surface area contributed by atoms with Gasteiger partial charge in [-0.3, -0.25) is 9.59 Å². The fourth-order valence-electron chi connectivity index (χ4n) is 3.09. The predicted molar refractivity (Wildman–Crippen MR) is 103 cm³/mol. The van der Waals surface area contributed by atoms with Gasteiger partial charge in [0, 0.05) is 30.4 Å². The van der Waals surface area contributed by atoms with Crippen molar-refractivity contribution in [3.63, 3.8) is 0 Å². The van der Waals surface area contributed by atoms with E-state index in [0.29, 0.717) is 28.6 Å². The number of nitrogens with zero attached hydrogens (tertiary/aromatic N) is 1. The molecule has 138 valence electrons. The van der Waals surface area contributed by atoms with Crippen molar-refractivity contribution in [2.45, 2.75) is 12.8 Å². The SMILES string of the molecule is O=C(/C=C/c1cc(Cl)c2c(c1)OCO2)Nc1ccc(N2CCCC2=O)cc1. The minimum atomic E-state index is -0.270. The molecule has 0 atom stereocenters. The number of nitrogens with one attached hydrogen (secondary N) is 1. The lowest BCUT2D eigenvalue weighted by atomic mass is 10.2. The molecule has 27 heavy (non-hydrogen) atoms. The van der Waals surface area contributed by atoms with Crippen molar-refractivity contribution >= 4 is 40.9 Å². The van der Waals surface area contributed by atoms with Crippen LogP contribution >= 0.6 is 11.6 Å². The first-order valence-electron chi connectivity index (χ1n) is 8.59. The van der Waals surface area contributed by atoms with E-state index >= 15 is 0 Å². The number of amides is 2. The van der Waals surface area contributed by atoms with Crippen LogP contribution in [-0.4, -0.2) is 25.2 Å². The fraction of sp³-hybridized carbons (Fsp3) is 0.200. The average Bonchev–Trinajstić information content (AvgIpc) is 3.30. The maximum Gasteiger partial charge on any atom is 0.248 e. The molecule has 1 fully saturated rings. The third-order valence-electron chi connectivity index (χ3n) is 4.40. The highest BCUT2D eigenvalue weighted by Crippen LogP contribution is 2.40. The molecule has 2 heterocycles. The number of halogens is 1. The second-order valence-corrected chi connectivity index (χ2v) is 6.66. The molecule has 0 bridgehead atoms. The van der Waals surface area contributed by atoms with Gasteiger partial charge in [0.15, 0.2) is 11.5 Å². The molecule has 2 aliphatic heterocycles. The van der Waals surface area contributed by atoms with E-state index in [1.54, 1.807) is 35.2 Å². The summed E-state index contributed by atoms with van der Waals surface area (Å²) >= 11 is 6.13. The van der Waals surface area contributed by atoms with Gasteiger partial charge in [-0.2, -0.15) is 0 Å². The first-order valence-corrected chi connectivity index (χ1v) is 8.96. The normalized spacial score (nSPS) is 15.6. The lowest BCUT2D eigenvalue weighted by Crippen LogP contribution is -2.23. The minimum absolute atomic E-state index is 0.136. The van der Waals surface area contributed by atoms with E-state index in [1.165, 1.54) is 6.08 Å². The van der Waals surface area contributed by atoms with Crippen LogP contribution in [0.3, 0.4) is 0 Å². The van der Waals surface area contributed by atoms with Crippen LogP contribution in [0.15, 0.2) is 42.5 Å². The highest BCUT2D eigenvalue weighted by atomic mass is 35.5. The molecule has 7 heteroatoms. The van der Waals surface area contributed by atoms with Crippen molar-refractivity contribution in [2.75, 3.05) is 23.6 Å². The van der Waals surface area contributed by atoms with Crippen molar-refractivity contribution in [3.8, 4) is 11.5 Å². The Morgan fingerprint density at radius 3 is 2.74 bits per heavy atom. The predicted octanol–water partition coefficient (Wildman–Crippen LogP) is 3.85. The Labute approximate surface area is 161 Å². The molecule has 2 aliphatic rings. The van der Waals surface area contributed by atoms with E-state index in [0.717, 1.165) is 24.2 Å². The summed E-state index contributed by atoms with van der Waals surface area (Å²) < 4.78 is 10.6. The number of carbonyl (C=O) groups excluding carboxylic acids is 2. The topological polar surface area (TPSA) is 67.9 Å². The summed E-state index contributed by atoms with van der Waals surface area (Å²) in [6.07, 6.45) is 4.55. The molecule has 1 saturated heterocycles. The van der Waals surface area contributed by atoms with Gasteiger partial charge in [0.05, 0.1) is 5.02 Å². The van der Waals surface area contributed by atoms with E-state index < -0.39 is 0 Å². The summed E-state index contributed by atoms with van der Waals surface area (Å²) in [4.78, 5) is 25.7. The summed E-state index contributed by atoms with van der Waals surface area (Å²) in [7, 11) is 0. The standard InChI is InChI=1S/C20H17ClN2O4/c21-16-10-13(11-17-20(16)27-12-26-17)3-8-18(24)22-14-4-6-15(7-5-14)23-9-1-2-19(23)25/h3-8,10-11H,1-2,9,12H2,(H,22,24)/b8-3+. The number of ether oxygens (including phenoxy) is 2. The molecule has 6 nitrogen and oxygen atoms in total. The molecule has 0 unspecified atom stereocenters. The van der Waals surface area contributed by atoms with E-state index in [-0.39, 0.29) is 18.6 Å². The van der Waals surface area contributed by atoms with Crippen LogP contribution in [0.2, 0.25) is 5.02 Å². The fourth-order valence-corrected chi connectivity index (χ4v) is 3.36. The van der Waals surface area contributed by atoms with Crippen molar-refractivity contribution < 1.29 is 19.1 Å². The molecular weight excluding hydrogens is 368 g/mol. The number of carbonyl (C=O) groups is 2. The molecular formula is C20H17ClN2O4. The Hall–Kier alpha value is -2.99. The van der Waals surface area contributed by atoms with Crippen LogP contribution in [0.25, 0.3) is 6.08 Å². The van der Waals surface area contributed by atoms with E-state index in [2.05, 4.69) is 5.32 Å². The van der Waals surface area contributed by atoms with E-state index in [9.17, 15) is 9.59 Å². The molecule has 2 aromatic rings. The quantitative estimate of drug-likeness (QED) is 0.813. The Morgan fingerprint density at radius 1 is 1.19 bits per heavy atom. The first-order chi connectivity index (χ1) is 13.1. The number of hydrogen-bond donors (Lipinski definition) is 1. The first kappa shape index (κ1) is 17.4. The number of anilines is 2. The minimum Gasteiger partial charge on any atom is -0.454 e. The maximum absolute atomic E-state index is 12.1. The average molecular weight is 385 g/mol. The molecule has 0 saturated carbocycles. The van der Waals surface area contributed by atoms with Gasteiger partial charge in [-0.25, -0.2) is 0 Å². The Bertz CT molecular complexity index is 924. The lowest BCUT2D eigenvalue weighted by molar-refractivity contribution is -0.117.